The van der Waals surface area contributed by atoms with Crippen LogP contribution in [0, 0.1) is 0 Å². The summed E-state index contributed by atoms with van der Waals surface area (Å²) in [5, 5.41) is 64.9. The number of hydrogen-bond acceptors (Lipinski definition) is 10. The molecule has 1 aliphatic heterocycles. The fraction of sp³-hybridized carbons (Fsp3) is 0.979. The number of aliphatic hydroxyl groups is 6. The van der Waals surface area contributed by atoms with E-state index in [0.29, 0.717) is 13.0 Å². The van der Waals surface area contributed by atoms with E-state index in [2.05, 4.69) is 19.2 Å². The Morgan fingerprint density at radius 3 is 1.34 bits per heavy atom. The molecule has 0 aromatic heterocycles. The summed E-state index contributed by atoms with van der Waals surface area (Å²) in [6, 6.07) is -1.06. The third-order valence-corrected chi connectivity index (χ3v) is 12.1. The zero-order valence-electron chi connectivity index (χ0n) is 38.1. The van der Waals surface area contributed by atoms with Gasteiger partial charge in [0.05, 0.1) is 25.9 Å². The van der Waals surface area contributed by atoms with Gasteiger partial charge >= 0.3 is 0 Å². The third kappa shape index (κ3) is 29.9. The summed E-state index contributed by atoms with van der Waals surface area (Å²) in [6.07, 6.45) is 30.7. The van der Waals surface area contributed by atoms with Crippen molar-refractivity contribution in [3.8, 4) is 0 Å². The molecule has 1 saturated heterocycles. The van der Waals surface area contributed by atoms with E-state index in [0.717, 1.165) is 38.5 Å². The molecule has 0 bridgehead atoms. The Balaban J connectivity index is 2.26. The second-order valence-corrected chi connectivity index (χ2v) is 17.7. The van der Waals surface area contributed by atoms with Gasteiger partial charge in [-0.05, 0) is 12.8 Å². The second-order valence-electron chi connectivity index (χ2n) is 17.7. The van der Waals surface area contributed by atoms with Crippen molar-refractivity contribution in [2.45, 2.75) is 275 Å². The summed E-state index contributed by atoms with van der Waals surface area (Å²) in [4.78, 5) is 13.0. The summed E-state index contributed by atoms with van der Waals surface area (Å²) < 4.78 is 16.8. The van der Waals surface area contributed by atoms with E-state index in [4.69, 9.17) is 14.2 Å². The first kappa shape index (κ1) is 56.1. The van der Waals surface area contributed by atoms with Crippen LogP contribution in [0.25, 0.3) is 0 Å². The molecule has 1 aliphatic rings. The number of carbonyl (C=O) groups is 1. The molecule has 0 aromatic rings. The van der Waals surface area contributed by atoms with Crippen molar-refractivity contribution >= 4 is 5.91 Å². The maximum absolute atomic E-state index is 13.0. The number of amides is 1. The van der Waals surface area contributed by atoms with E-state index in [1.807, 2.05) is 0 Å². The van der Waals surface area contributed by atoms with Crippen LogP contribution in [0.3, 0.4) is 0 Å². The highest BCUT2D eigenvalue weighted by Crippen LogP contribution is 2.23. The monoisotopic (exact) mass is 846 g/mol. The van der Waals surface area contributed by atoms with E-state index in [1.165, 1.54) is 161 Å². The van der Waals surface area contributed by atoms with E-state index in [9.17, 15) is 35.4 Å². The van der Waals surface area contributed by atoms with Gasteiger partial charge in [-0.25, -0.2) is 0 Å². The van der Waals surface area contributed by atoms with E-state index >= 15 is 0 Å². The summed E-state index contributed by atoms with van der Waals surface area (Å²) in [5.41, 5.74) is 0. The zero-order chi connectivity index (χ0) is 43.2. The lowest BCUT2D eigenvalue weighted by Gasteiger charge is -2.40. The van der Waals surface area contributed by atoms with Crippen molar-refractivity contribution in [1.82, 2.24) is 5.32 Å². The van der Waals surface area contributed by atoms with Gasteiger partial charge < -0.3 is 50.2 Å². The highest BCUT2D eigenvalue weighted by Gasteiger charge is 2.44. The average Bonchev–Trinajstić information content (AvgIpc) is 3.23. The first-order valence-corrected chi connectivity index (χ1v) is 24.9. The minimum atomic E-state index is -1.63. The van der Waals surface area contributed by atoms with E-state index in [-0.39, 0.29) is 25.5 Å². The Hall–Kier alpha value is -0.890. The van der Waals surface area contributed by atoms with Gasteiger partial charge in [-0.3, -0.25) is 4.79 Å². The first-order chi connectivity index (χ1) is 28.8. The minimum absolute atomic E-state index is 0.121. The fourth-order valence-corrected chi connectivity index (χ4v) is 8.06. The molecule has 1 rings (SSSR count). The number of carbonyl (C=O) groups excluding carboxylic acids is 1. The highest BCUT2D eigenvalue weighted by atomic mass is 16.7. The average molecular weight is 846 g/mol. The molecule has 59 heavy (non-hydrogen) atoms. The van der Waals surface area contributed by atoms with Gasteiger partial charge in [0, 0.05) is 13.0 Å². The third-order valence-electron chi connectivity index (χ3n) is 12.1. The van der Waals surface area contributed by atoms with Crippen LogP contribution < -0.4 is 5.32 Å². The number of rotatable bonds is 43. The van der Waals surface area contributed by atoms with Crippen LogP contribution in [0.4, 0.5) is 0 Å². The fourth-order valence-electron chi connectivity index (χ4n) is 8.06. The summed E-state index contributed by atoms with van der Waals surface area (Å²) in [6.45, 7) is 3.87. The predicted molar refractivity (Wildman–Crippen MR) is 238 cm³/mol. The van der Waals surface area contributed by atoms with Crippen LogP contribution in [0.2, 0.25) is 0 Å². The predicted octanol–water partition coefficient (Wildman–Crippen LogP) is 8.94. The molecule has 0 aliphatic carbocycles. The molecule has 11 heteroatoms. The van der Waals surface area contributed by atoms with Gasteiger partial charge in [0.2, 0.25) is 5.91 Å². The summed E-state index contributed by atoms with van der Waals surface area (Å²) >= 11 is 0. The Bertz CT molecular complexity index is 913. The molecule has 1 amide bonds. The van der Waals surface area contributed by atoms with Crippen molar-refractivity contribution in [2.75, 3.05) is 26.4 Å². The molecule has 0 radical (unpaired) electrons. The standard InChI is InChI=1S/C48H95NO10/c1-3-5-7-9-11-13-14-15-16-17-18-19-20-21-22-23-24-25-26-27-29-31-33-35-43(52)49-40(38-58-48-47(56)46(55)45(54)42(37-50)59-48)44(53)41(51)39-57-36-34-32-30-28-12-10-8-6-4-2/h40-42,44-48,50-51,53-56H,3-39H2,1-2H3,(H,49,52)/t40-,41+,42-,44-,45+,46+,47-,48+/m1/s1. The molecule has 0 saturated carbocycles. The van der Waals surface area contributed by atoms with Crippen LogP contribution in [-0.4, -0.2) is 112 Å². The van der Waals surface area contributed by atoms with Gasteiger partial charge in [-0.1, -0.05) is 206 Å². The maximum atomic E-state index is 13.0. The van der Waals surface area contributed by atoms with Crippen LogP contribution >= 0.6 is 0 Å². The van der Waals surface area contributed by atoms with Crippen molar-refractivity contribution in [3.05, 3.63) is 0 Å². The lowest BCUT2D eigenvalue weighted by Crippen LogP contribution is -2.60. The summed E-state index contributed by atoms with van der Waals surface area (Å²) in [7, 11) is 0. The number of ether oxygens (including phenoxy) is 3. The van der Waals surface area contributed by atoms with E-state index < -0.39 is 55.6 Å². The number of aliphatic hydroxyl groups excluding tert-OH is 6. The number of unbranched alkanes of at least 4 members (excludes halogenated alkanes) is 30. The lowest BCUT2D eigenvalue weighted by molar-refractivity contribution is -0.303. The van der Waals surface area contributed by atoms with Crippen molar-refractivity contribution < 1.29 is 49.6 Å². The van der Waals surface area contributed by atoms with Crippen molar-refractivity contribution in [3.63, 3.8) is 0 Å². The number of hydrogen-bond donors (Lipinski definition) is 7. The number of nitrogens with one attached hydrogen (secondary N) is 1. The smallest absolute Gasteiger partial charge is 0.220 e. The van der Waals surface area contributed by atoms with Crippen molar-refractivity contribution in [2.24, 2.45) is 0 Å². The Kier molecular flexibility index (Phi) is 38.0. The van der Waals surface area contributed by atoms with E-state index in [1.54, 1.807) is 0 Å². The van der Waals surface area contributed by atoms with Crippen LogP contribution in [0.5, 0.6) is 0 Å². The molecule has 0 unspecified atom stereocenters. The molecule has 11 nitrogen and oxygen atoms in total. The molecule has 1 heterocycles. The van der Waals surface area contributed by atoms with Crippen LogP contribution in [-0.2, 0) is 19.0 Å². The Labute approximate surface area is 361 Å². The molecule has 0 aromatic carbocycles. The van der Waals surface area contributed by atoms with Crippen LogP contribution in [0.15, 0.2) is 0 Å². The molecular weight excluding hydrogens is 751 g/mol. The lowest BCUT2D eigenvalue weighted by atomic mass is 9.99. The highest BCUT2D eigenvalue weighted by molar-refractivity contribution is 5.76. The first-order valence-electron chi connectivity index (χ1n) is 24.9. The minimum Gasteiger partial charge on any atom is -0.394 e. The molecule has 352 valence electrons. The van der Waals surface area contributed by atoms with Crippen LogP contribution in [0.1, 0.15) is 226 Å². The molecule has 7 N–H and O–H groups in total. The molecule has 1 fully saturated rings. The van der Waals surface area contributed by atoms with Gasteiger partial charge in [0.1, 0.15) is 36.6 Å². The topological polar surface area (TPSA) is 178 Å². The Morgan fingerprint density at radius 2 is 0.932 bits per heavy atom. The Morgan fingerprint density at radius 1 is 0.542 bits per heavy atom. The quantitative estimate of drug-likeness (QED) is 0.0293. The largest absolute Gasteiger partial charge is 0.394 e. The van der Waals surface area contributed by atoms with Crippen molar-refractivity contribution in [1.29, 1.82) is 0 Å². The van der Waals surface area contributed by atoms with Gasteiger partial charge in [-0.2, -0.15) is 0 Å². The normalized spacial score (nSPS) is 21.1. The maximum Gasteiger partial charge on any atom is 0.220 e. The molecular formula is C48H95NO10. The SMILES string of the molecule is CCCCCCCCCCCCCCCCCCCCCCCCCC(=O)N[C@H](CO[C@H]1O[C@H](CO)[C@H](O)[C@H](O)[C@H]1O)[C@@H](O)[C@@H](O)COCCCCCCCCCCC. The molecule has 0 spiro atoms. The summed E-state index contributed by atoms with van der Waals surface area (Å²) in [5.74, 6) is -0.294. The van der Waals surface area contributed by atoms with Gasteiger partial charge in [0.15, 0.2) is 6.29 Å². The second kappa shape index (κ2) is 39.9. The zero-order valence-corrected chi connectivity index (χ0v) is 38.1. The molecule has 8 atom stereocenters. The van der Waals surface area contributed by atoms with Gasteiger partial charge in [-0.15, -0.1) is 0 Å². The van der Waals surface area contributed by atoms with Gasteiger partial charge in [0.25, 0.3) is 0 Å².